The molecule has 0 aliphatic heterocycles. The normalized spacial score (nSPS) is 4.67. The summed E-state index contributed by atoms with van der Waals surface area (Å²) in [5.41, 5.74) is 4.61. The first-order chi connectivity index (χ1) is 5.83. The summed E-state index contributed by atoms with van der Waals surface area (Å²) in [6.07, 6.45) is 1.25. The lowest BCUT2D eigenvalue weighted by Gasteiger charge is -1.65. The predicted molar refractivity (Wildman–Crippen MR) is 65.1 cm³/mol. The standard InChI is InChI=1S/C4H6S.C2H5N.2C2H6/c1-3-5-4-2;1-2-3;2*1-2/h3-4H,1-2H2;2H,1,3H2;2*1-2H3. The van der Waals surface area contributed by atoms with E-state index in [1.54, 1.807) is 10.8 Å². The summed E-state index contributed by atoms with van der Waals surface area (Å²) in [5, 5.41) is 3.46. The van der Waals surface area contributed by atoms with Gasteiger partial charge in [0.1, 0.15) is 0 Å². The molecule has 0 spiro atoms. The Bertz CT molecular complexity index is 64.2. The van der Waals surface area contributed by atoms with Gasteiger partial charge in [-0.2, -0.15) is 0 Å². The highest BCUT2D eigenvalue weighted by molar-refractivity contribution is 8.04. The highest BCUT2D eigenvalue weighted by Gasteiger charge is 1.52. The van der Waals surface area contributed by atoms with Crippen LogP contribution < -0.4 is 5.73 Å². The smallest absolute Gasteiger partial charge is 0.0136 e. The molecule has 2 N–H and O–H groups in total. The molecule has 0 bridgehead atoms. The van der Waals surface area contributed by atoms with E-state index in [9.17, 15) is 0 Å². The van der Waals surface area contributed by atoms with Crippen LogP contribution in [0.25, 0.3) is 0 Å². The van der Waals surface area contributed by atoms with Crippen LogP contribution in [0.15, 0.2) is 36.8 Å². The summed E-state index contributed by atoms with van der Waals surface area (Å²) >= 11 is 1.49. The third kappa shape index (κ3) is 350. The van der Waals surface area contributed by atoms with Crippen molar-refractivity contribution in [1.29, 1.82) is 0 Å². The van der Waals surface area contributed by atoms with Crippen LogP contribution in [0.2, 0.25) is 0 Å². The van der Waals surface area contributed by atoms with E-state index in [0.717, 1.165) is 0 Å². The fourth-order valence-corrected chi connectivity index (χ4v) is 0.204. The van der Waals surface area contributed by atoms with Gasteiger partial charge in [-0.25, -0.2) is 0 Å². The zero-order valence-electron chi connectivity index (χ0n) is 8.84. The zero-order chi connectivity index (χ0) is 10.8. The van der Waals surface area contributed by atoms with Crippen molar-refractivity contribution < 1.29 is 0 Å². The van der Waals surface area contributed by atoms with Crippen LogP contribution in [-0.4, -0.2) is 0 Å². The fraction of sp³-hybridized carbons (Fsp3) is 0.400. The molecule has 74 valence electrons. The van der Waals surface area contributed by atoms with E-state index in [1.807, 2.05) is 27.7 Å². The summed E-state index contributed by atoms with van der Waals surface area (Å²) in [6.45, 7) is 18.0. The summed E-state index contributed by atoms with van der Waals surface area (Å²) in [5.74, 6) is 0. The molecule has 0 atom stereocenters. The lowest BCUT2D eigenvalue weighted by atomic mass is 11.0. The Balaban J connectivity index is -0.0000000397. The molecule has 0 heterocycles. The van der Waals surface area contributed by atoms with Gasteiger partial charge in [0, 0.05) is 0 Å². The van der Waals surface area contributed by atoms with Crippen molar-refractivity contribution in [1.82, 2.24) is 0 Å². The Labute approximate surface area is 82.4 Å². The minimum absolute atomic E-state index is 1.25. The van der Waals surface area contributed by atoms with Crippen molar-refractivity contribution >= 4 is 11.8 Å². The van der Waals surface area contributed by atoms with Gasteiger partial charge in [0.2, 0.25) is 0 Å². The minimum atomic E-state index is 1.25. The Hall–Kier alpha value is -0.630. The van der Waals surface area contributed by atoms with E-state index in [1.165, 1.54) is 18.0 Å². The molecule has 0 fully saturated rings. The Morgan fingerprint density at radius 2 is 1.08 bits per heavy atom. The predicted octanol–water partition coefficient (Wildman–Crippen LogP) is 4.15. The van der Waals surface area contributed by atoms with Gasteiger partial charge >= 0.3 is 0 Å². The maximum Gasteiger partial charge on any atom is -0.0136 e. The molecule has 2 heteroatoms. The first kappa shape index (κ1) is 22.5. The number of hydrogen-bond acceptors (Lipinski definition) is 2. The van der Waals surface area contributed by atoms with Gasteiger partial charge in [-0.3, -0.25) is 0 Å². The highest BCUT2D eigenvalue weighted by atomic mass is 32.2. The SMILES string of the molecule is C=CN.C=CSC=C.CC.CC. The van der Waals surface area contributed by atoms with Crippen molar-refractivity contribution in [3.05, 3.63) is 36.8 Å². The third-order valence-electron chi connectivity index (χ3n) is 0.192. The maximum absolute atomic E-state index is 4.61. The quantitative estimate of drug-likeness (QED) is 0.706. The van der Waals surface area contributed by atoms with E-state index in [2.05, 4.69) is 25.5 Å². The van der Waals surface area contributed by atoms with E-state index in [-0.39, 0.29) is 0 Å². The second-order valence-corrected chi connectivity index (χ2v) is 1.64. The van der Waals surface area contributed by atoms with Gasteiger partial charge in [0.25, 0.3) is 0 Å². The molecule has 0 rings (SSSR count). The van der Waals surface area contributed by atoms with E-state index >= 15 is 0 Å². The maximum atomic E-state index is 4.61. The number of rotatable bonds is 2. The monoisotopic (exact) mass is 189 g/mol. The topological polar surface area (TPSA) is 26.0 Å². The second-order valence-electron chi connectivity index (χ2n) is 0.705. The van der Waals surface area contributed by atoms with Gasteiger partial charge in [0.15, 0.2) is 0 Å². The average Bonchev–Trinajstić information content (AvgIpc) is 2.14. The van der Waals surface area contributed by atoms with E-state index in [0.29, 0.717) is 0 Å². The molecule has 0 radical (unpaired) electrons. The molecule has 1 nitrogen and oxygen atoms in total. The molecule has 0 aliphatic carbocycles. The fourth-order valence-electron chi connectivity index (χ4n) is 0.0680. The molecule has 0 aliphatic rings. The molecular formula is C10H23NS. The Morgan fingerprint density at radius 1 is 0.917 bits per heavy atom. The zero-order valence-corrected chi connectivity index (χ0v) is 9.66. The van der Waals surface area contributed by atoms with Gasteiger partial charge in [-0.1, -0.05) is 47.4 Å². The van der Waals surface area contributed by atoms with Crippen molar-refractivity contribution in [2.75, 3.05) is 0 Å². The van der Waals surface area contributed by atoms with Crippen LogP contribution in [-0.2, 0) is 0 Å². The average molecular weight is 189 g/mol. The molecule has 0 aromatic rings. The van der Waals surface area contributed by atoms with Crippen LogP contribution >= 0.6 is 11.8 Å². The molecular weight excluding hydrogens is 166 g/mol. The molecule has 0 saturated heterocycles. The van der Waals surface area contributed by atoms with Crippen molar-refractivity contribution in [2.45, 2.75) is 27.7 Å². The molecule has 0 unspecified atom stereocenters. The van der Waals surface area contributed by atoms with Gasteiger partial charge < -0.3 is 5.73 Å². The van der Waals surface area contributed by atoms with Crippen molar-refractivity contribution in [2.24, 2.45) is 5.73 Å². The van der Waals surface area contributed by atoms with Gasteiger partial charge in [-0.15, -0.1) is 11.8 Å². The first-order valence-electron chi connectivity index (χ1n) is 4.03. The summed E-state index contributed by atoms with van der Waals surface area (Å²) in [4.78, 5) is 0. The Kier molecular flexibility index (Phi) is 150. The first-order valence-corrected chi connectivity index (χ1v) is 4.97. The van der Waals surface area contributed by atoms with Crippen LogP contribution in [0.1, 0.15) is 27.7 Å². The lowest BCUT2D eigenvalue weighted by Crippen LogP contribution is -1.67. The number of nitrogens with two attached hydrogens (primary N) is 1. The summed E-state index contributed by atoms with van der Waals surface area (Å²) in [6, 6.07) is 0. The van der Waals surface area contributed by atoms with E-state index < -0.39 is 0 Å². The largest absolute Gasteiger partial charge is 0.405 e. The summed E-state index contributed by atoms with van der Waals surface area (Å²) in [7, 11) is 0. The highest BCUT2D eigenvalue weighted by Crippen LogP contribution is 1.96. The van der Waals surface area contributed by atoms with Crippen LogP contribution in [0, 0.1) is 0 Å². The summed E-state index contributed by atoms with van der Waals surface area (Å²) < 4.78 is 0. The molecule has 0 aromatic carbocycles. The molecule has 0 amide bonds. The van der Waals surface area contributed by atoms with Crippen molar-refractivity contribution in [3.63, 3.8) is 0 Å². The van der Waals surface area contributed by atoms with Crippen LogP contribution in [0.5, 0.6) is 0 Å². The minimum Gasteiger partial charge on any atom is -0.405 e. The molecule has 0 saturated carbocycles. The third-order valence-corrected chi connectivity index (χ3v) is 0.577. The molecule has 0 aromatic heterocycles. The van der Waals surface area contributed by atoms with Crippen LogP contribution in [0.4, 0.5) is 0 Å². The lowest BCUT2D eigenvalue weighted by molar-refractivity contribution is 1.50. The molecule has 12 heavy (non-hydrogen) atoms. The van der Waals surface area contributed by atoms with E-state index in [4.69, 9.17) is 0 Å². The second kappa shape index (κ2) is 80.2. The Morgan fingerprint density at radius 3 is 1.08 bits per heavy atom. The van der Waals surface area contributed by atoms with Gasteiger partial charge in [-0.05, 0) is 17.0 Å². The number of thioether (sulfide) groups is 1. The van der Waals surface area contributed by atoms with Crippen molar-refractivity contribution in [3.8, 4) is 0 Å². The van der Waals surface area contributed by atoms with Gasteiger partial charge in [0.05, 0.1) is 0 Å². The van der Waals surface area contributed by atoms with Crippen LogP contribution in [0.3, 0.4) is 0 Å². The number of hydrogen-bond donors (Lipinski definition) is 1.